The van der Waals surface area contributed by atoms with Gasteiger partial charge in [0.2, 0.25) is 0 Å². The predicted octanol–water partition coefficient (Wildman–Crippen LogP) is 1.18. The van der Waals surface area contributed by atoms with E-state index in [1.807, 2.05) is 0 Å². The van der Waals surface area contributed by atoms with E-state index in [1.165, 1.54) is 6.08 Å². The van der Waals surface area contributed by atoms with Gasteiger partial charge in [-0.05, 0) is 19.1 Å². The Morgan fingerprint density at radius 3 is 2.88 bits per heavy atom. The highest BCUT2D eigenvalue weighted by atomic mass is 16.5. The van der Waals surface area contributed by atoms with Gasteiger partial charge in [-0.2, -0.15) is 5.26 Å². The van der Waals surface area contributed by atoms with Gasteiger partial charge in [0.25, 0.3) is 5.91 Å². The minimum Gasteiger partial charge on any atom is -0.504 e. The smallest absolute Gasteiger partial charge is 0.259 e. The van der Waals surface area contributed by atoms with Crippen LogP contribution in [0.2, 0.25) is 0 Å². The fourth-order valence-corrected chi connectivity index (χ4v) is 1.24. The van der Waals surface area contributed by atoms with Crippen LogP contribution >= 0.6 is 0 Å². The van der Waals surface area contributed by atoms with Gasteiger partial charge in [-0.15, -0.1) is 0 Å². The topological polar surface area (TPSA) is 96.3 Å². The fourth-order valence-electron chi connectivity index (χ4n) is 1.24. The molecule has 0 fully saturated rings. The molecule has 1 rings (SSSR count). The van der Waals surface area contributed by atoms with Gasteiger partial charge in [0, 0.05) is 5.56 Å². The summed E-state index contributed by atoms with van der Waals surface area (Å²) >= 11 is 0. The molecule has 0 spiro atoms. The number of hydrogen-bond acceptors (Lipinski definition) is 4. The number of ether oxygens (including phenoxy) is 1. The van der Waals surface area contributed by atoms with Crippen molar-refractivity contribution in [1.29, 1.82) is 5.26 Å². The molecular weight excluding hydrogens is 220 g/mol. The number of para-hydroxylation sites is 1. The van der Waals surface area contributed by atoms with Crippen LogP contribution in [0.15, 0.2) is 23.8 Å². The maximum atomic E-state index is 10.9. The summed E-state index contributed by atoms with van der Waals surface area (Å²) in [6.45, 7) is 2.19. The van der Waals surface area contributed by atoms with Crippen molar-refractivity contribution < 1.29 is 14.6 Å². The average Bonchev–Trinajstić information content (AvgIpc) is 2.30. The molecule has 1 aromatic carbocycles. The van der Waals surface area contributed by atoms with E-state index in [1.54, 1.807) is 31.2 Å². The third-order valence-electron chi connectivity index (χ3n) is 2.02. The molecule has 0 saturated carbocycles. The minimum absolute atomic E-state index is 0.122. The lowest BCUT2D eigenvalue weighted by atomic mass is 10.1. The molecule has 0 saturated heterocycles. The second-order valence-corrected chi connectivity index (χ2v) is 3.16. The number of carbonyl (C=O) groups excluding carboxylic acids is 1. The van der Waals surface area contributed by atoms with E-state index in [0.717, 1.165) is 0 Å². The fraction of sp³-hybridized carbons (Fsp3) is 0.167. The van der Waals surface area contributed by atoms with Crippen molar-refractivity contribution in [2.45, 2.75) is 6.92 Å². The maximum Gasteiger partial charge on any atom is 0.259 e. The SMILES string of the molecule is CCOc1cccc(/C=C(\C#N)C(N)=O)c1O. The molecule has 0 unspecified atom stereocenters. The Hall–Kier alpha value is -2.48. The van der Waals surface area contributed by atoms with Crippen molar-refractivity contribution in [2.75, 3.05) is 6.61 Å². The van der Waals surface area contributed by atoms with Gasteiger partial charge in [-0.25, -0.2) is 0 Å². The van der Waals surface area contributed by atoms with E-state index in [2.05, 4.69) is 0 Å². The van der Waals surface area contributed by atoms with Crippen LogP contribution in [-0.2, 0) is 4.79 Å². The molecule has 0 radical (unpaired) electrons. The van der Waals surface area contributed by atoms with Crippen LogP contribution in [0.25, 0.3) is 6.08 Å². The number of phenolic OH excluding ortho intramolecular Hbond substituents is 1. The number of hydrogen-bond donors (Lipinski definition) is 2. The first-order valence-electron chi connectivity index (χ1n) is 4.96. The highest BCUT2D eigenvalue weighted by molar-refractivity contribution is 6.00. The Labute approximate surface area is 98.7 Å². The maximum absolute atomic E-state index is 10.9. The van der Waals surface area contributed by atoms with Crippen LogP contribution in [0.5, 0.6) is 11.5 Å². The first-order valence-corrected chi connectivity index (χ1v) is 4.96. The van der Waals surface area contributed by atoms with Gasteiger partial charge < -0.3 is 15.6 Å². The van der Waals surface area contributed by atoms with E-state index in [0.29, 0.717) is 17.9 Å². The van der Waals surface area contributed by atoms with Crippen molar-refractivity contribution >= 4 is 12.0 Å². The van der Waals surface area contributed by atoms with E-state index in [-0.39, 0.29) is 11.3 Å². The van der Waals surface area contributed by atoms with Gasteiger partial charge in [0.15, 0.2) is 11.5 Å². The van der Waals surface area contributed by atoms with Crippen LogP contribution in [0, 0.1) is 11.3 Å². The number of nitriles is 1. The quantitative estimate of drug-likeness (QED) is 0.601. The van der Waals surface area contributed by atoms with Crippen LogP contribution in [0.4, 0.5) is 0 Å². The first kappa shape index (κ1) is 12.6. The van der Waals surface area contributed by atoms with E-state index >= 15 is 0 Å². The van der Waals surface area contributed by atoms with Gasteiger partial charge in [0.1, 0.15) is 11.6 Å². The summed E-state index contributed by atoms with van der Waals surface area (Å²) in [5.41, 5.74) is 5.08. The molecule has 3 N–H and O–H groups in total. The molecule has 0 bridgehead atoms. The first-order chi connectivity index (χ1) is 8.10. The number of carbonyl (C=O) groups is 1. The zero-order valence-electron chi connectivity index (χ0n) is 9.30. The Morgan fingerprint density at radius 1 is 1.65 bits per heavy atom. The number of amides is 1. The van der Waals surface area contributed by atoms with Crippen molar-refractivity contribution in [2.24, 2.45) is 5.73 Å². The highest BCUT2D eigenvalue weighted by Crippen LogP contribution is 2.31. The van der Waals surface area contributed by atoms with Crippen LogP contribution < -0.4 is 10.5 Å². The summed E-state index contributed by atoms with van der Waals surface area (Å²) in [5.74, 6) is -0.667. The number of nitrogens with two attached hydrogens (primary N) is 1. The molecule has 0 aromatic heterocycles. The van der Waals surface area contributed by atoms with Crippen molar-refractivity contribution in [3.8, 4) is 17.6 Å². The number of primary amides is 1. The minimum atomic E-state index is -0.839. The summed E-state index contributed by atoms with van der Waals surface area (Å²) < 4.78 is 5.17. The summed E-state index contributed by atoms with van der Waals surface area (Å²) in [5, 5.41) is 18.5. The standard InChI is InChI=1S/C12H12N2O3/c1-2-17-10-5-3-4-8(11(10)15)6-9(7-13)12(14)16/h3-6,15H,2H2,1H3,(H2,14,16)/b9-6+. The molecule has 17 heavy (non-hydrogen) atoms. The van der Waals surface area contributed by atoms with Gasteiger partial charge in [0.05, 0.1) is 6.61 Å². The Kier molecular flexibility index (Phi) is 4.12. The largest absolute Gasteiger partial charge is 0.504 e. The van der Waals surface area contributed by atoms with Crippen LogP contribution in [0.3, 0.4) is 0 Å². The molecular formula is C12H12N2O3. The monoisotopic (exact) mass is 232 g/mol. The normalized spacial score (nSPS) is 10.7. The average molecular weight is 232 g/mol. The Bertz CT molecular complexity index is 501. The lowest BCUT2D eigenvalue weighted by Gasteiger charge is -2.07. The summed E-state index contributed by atoms with van der Waals surface area (Å²) in [6, 6.07) is 6.45. The molecule has 0 atom stereocenters. The molecule has 5 nitrogen and oxygen atoms in total. The molecule has 0 aliphatic heterocycles. The molecule has 0 aliphatic rings. The molecule has 88 valence electrons. The summed E-state index contributed by atoms with van der Waals surface area (Å²) in [6.07, 6.45) is 1.22. The second kappa shape index (κ2) is 5.56. The molecule has 0 aliphatic carbocycles. The zero-order chi connectivity index (χ0) is 12.8. The van der Waals surface area contributed by atoms with Crippen molar-refractivity contribution in [3.63, 3.8) is 0 Å². The number of aromatic hydroxyl groups is 1. The summed E-state index contributed by atoms with van der Waals surface area (Å²) in [4.78, 5) is 10.9. The number of rotatable bonds is 4. The highest BCUT2D eigenvalue weighted by Gasteiger charge is 2.09. The van der Waals surface area contributed by atoms with E-state index in [9.17, 15) is 9.90 Å². The molecule has 1 aromatic rings. The Balaban J connectivity index is 3.20. The second-order valence-electron chi connectivity index (χ2n) is 3.16. The zero-order valence-corrected chi connectivity index (χ0v) is 9.30. The Morgan fingerprint density at radius 2 is 2.35 bits per heavy atom. The summed E-state index contributed by atoms with van der Waals surface area (Å²) in [7, 11) is 0. The third kappa shape index (κ3) is 2.98. The van der Waals surface area contributed by atoms with Gasteiger partial charge >= 0.3 is 0 Å². The number of nitrogens with zero attached hydrogens (tertiary/aromatic N) is 1. The van der Waals surface area contributed by atoms with Gasteiger partial charge in [-0.3, -0.25) is 4.79 Å². The molecule has 5 heteroatoms. The van der Waals surface area contributed by atoms with Crippen LogP contribution in [0.1, 0.15) is 12.5 Å². The lowest BCUT2D eigenvalue weighted by molar-refractivity contribution is -0.114. The lowest BCUT2D eigenvalue weighted by Crippen LogP contribution is -2.12. The molecule has 0 heterocycles. The van der Waals surface area contributed by atoms with Crippen LogP contribution in [-0.4, -0.2) is 17.6 Å². The number of phenols is 1. The van der Waals surface area contributed by atoms with E-state index in [4.69, 9.17) is 15.7 Å². The van der Waals surface area contributed by atoms with Crippen molar-refractivity contribution in [1.82, 2.24) is 0 Å². The number of benzene rings is 1. The van der Waals surface area contributed by atoms with Gasteiger partial charge in [-0.1, -0.05) is 12.1 Å². The third-order valence-corrected chi connectivity index (χ3v) is 2.02. The van der Waals surface area contributed by atoms with Crippen molar-refractivity contribution in [3.05, 3.63) is 29.3 Å². The predicted molar refractivity (Wildman–Crippen MR) is 62.1 cm³/mol. The molecule has 1 amide bonds. The van der Waals surface area contributed by atoms with E-state index < -0.39 is 5.91 Å².